The summed E-state index contributed by atoms with van der Waals surface area (Å²) in [4.78, 5) is 30.9. The van der Waals surface area contributed by atoms with Crippen molar-refractivity contribution in [3.05, 3.63) is 70.3 Å². The van der Waals surface area contributed by atoms with Crippen LogP contribution in [0.1, 0.15) is 74.0 Å². The first-order chi connectivity index (χ1) is 20.8. The lowest BCUT2D eigenvalue weighted by Crippen LogP contribution is -2.51. The van der Waals surface area contributed by atoms with Gasteiger partial charge in [0.25, 0.3) is 0 Å². The molecule has 12 heteroatoms. The zero-order valence-electron chi connectivity index (χ0n) is 26.4. The molecule has 2 fully saturated rings. The first kappa shape index (κ1) is 34.6. The van der Waals surface area contributed by atoms with Gasteiger partial charge in [-0.1, -0.05) is 38.1 Å². The lowest BCUT2D eigenvalue weighted by molar-refractivity contribution is -0.145. The Morgan fingerprint density at radius 1 is 1.00 bits per heavy atom. The quantitative estimate of drug-likeness (QED) is 0.230. The molecule has 3 unspecified atom stereocenters. The second-order valence-corrected chi connectivity index (χ2v) is 13.3. The summed E-state index contributed by atoms with van der Waals surface area (Å²) in [6, 6.07) is 7.32. The van der Waals surface area contributed by atoms with Crippen LogP contribution in [0, 0.1) is 24.2 Å². The minimum absolute atomic E-state index is 0.0439. The summed E-state index contributed by atoms with van der Waals surface area (Å²) in [5.41, 5.74) is -1.44. The van der Waals surface area contributed by atoms with Gasteiger partial charge in [-0.15, -0.1) is 0 Å². The van der Waals surface area contributed by atoms with Crippen LogP contribution >= 0.6 is 0 Å². The number of carbonyl (C=O) groups excluding carboxylic acids is 2. The Labute approximate surface area is 260 Å². The Bertz CT molecular complexity index is 1360. The van der Waals surface area contributed by atoms with Crippen LogP contribution in [0.4, 0.5) is 31.1 Å². The van der Waals surface area contributed by atoms with Crippen molar-refractivity contribution in [2.75, 3.05) is 39.8 Å². The molecule has 4 rings (SSSR count). The number of ether oxygens (including phenoxy) is 1. The normalized spacial score (nSPS) is 21.8. The molecule has 4 atom stereocenters. The number of carbonyl (C=O) groups is 2. The van der Waals surface area contributed by atoms with Crippen molar-refractivity contribution in [3.63, 3.8) is 0 Å². The number of fused-ring (bicyclic) bond motifs is 1. The third-order valence-corrected chi connectivity index (χ3v) is 9.10. The number of urea groups is 1. The fourth-order valence-electron chi connectivity index (χ4n) is 6.75. The number of rotatable bonds is 7. The zero-order valence-corrected chi connectivity index (χ0v) is 26.4. The summed E-state index contributed by atoms with van der Waals surface area (Å²) in [6.45, 7) is 11.6. The Morgan fingerprint density at radius 2 is 1.60 bits per heavy atom. The number of nitrogens with zero attached hydrogens (tertiary/aromatic N) is 3. The van der Waals surface area contributed by atoms with Gasteiger partial charge in [0.15, 0.2) is 0 Å². The molecule has 248 valence electrons. The molecular formula is C33H41F6N3O3. The summed E-state index contributed by atoms with van der Waals surface area (Å²) >= 11 is 0. The highest BCUT2D eigenvalue weighted by atomic mass is 19.4. The number of esters is 1. The summed E-state index contributed by atoms with van der Waals surface area (Å²) < 4.78 is 86.8. The number of likely N-dealkylation sites (tertiary alicyclic amines) is 2. The van der Waals surface area contributed by atoms with E-state index < -0.39 is 35.6 Å². The minimum Gasteiger partial charge on any atom is -0.465 e. The van der Waals surface area contributed by atoms with Gasteiger partial charge in [0.1, 0.15) is 0 Å². The molecule has 0 aromatic heterocycles. The van der Waals surface area contributed by atoms with Crippen LogP contribution in [0.25, 0.3) is 0 Å². The lowest BCUT2D eigenvalue weighted by atomic mass is 9.78. The van der Waals surface area contributed by atoms with E-state index in [1.165, 1.54) is 25.8 Å². The van der Waals surface area contributed by atoms with Crippen molar-refractivity contribution in [3.8, 4) is 0 Å². The van der Waals surface area contributed by atoms with E-state index in [2.05, 4.69) is 4.90 Å². The molecule has 2 aromatic carbocycles. The van der Waals surface area contributed by atoms with E-state index in [9.17, 15) is 35.9 Å². The number of halogens is 6. The van der Waals surface area contributed by atoms with E-state index in [0.29, 0.717) is 38.2 Å². The van der Waals surface area contributed by atoms with Gasteiger partial charge in [0, 0.05) is 51.5 Å². The Morgan fingerprint density at radius 3 is 2.16 bits per heavy atom. The van der Waals surface area contributed by atoms with Gasteiger partial charge in [-0.2, -0.15) is 26.3 Å². The van der Waals surface area contributed by atoms with Crippen molar-refractivity contribution in [2.45, 2.75) is 65.5 Å². The molecule has 2 aliphatic heterocycles. The molecule has 0 bridgehead atoms. The number of hydrogen-bond donors (Lipinski definition) is 0. The molecule has 45 heavy (non-hydrogen) atoms. The van der Waals surface area contributed by atoms with Gasteiger partial charge in [-0.25, -0.2) is 4.79 Å². The van der Waals surface area contributed by atoms with Crippen LogP contribution in [0.3, 0.4) is 0 Å². The molecule has 0 aliphatic carbocycles. The monoisotopic (exact) mass is 641 g/mol. The molecular weight excluding hydrogens is 600 g/mol. The zero-order chi connectivity index (χ0) is 33.5. The van der Waals surface area contributed by atoms with E-state index in [4.69, 9.17) is 4.74 Å². The van der Waals surface area contributed by atoms with E-state index in [-0.39, 0.29) is 47.5 Å². The minimum atomic E-state index is -4.99. The van der Waals surface area contributed by atoms with Gasteiger partial charge in [-0.3, -0.25) is 4.79 Å². The van der Waals surface area contributed by atoms with Crippen molar-refractivity contribution < 1.29 is 40.7 Å². The number of piperidine rings is 1. The van der Waals surface area contributed by atoms with Crippen LogP contribution in [0.2, 0.25) is 0 Å². The maximum Gasteiger partial charge on any atom is 0.416 e. The Hall–Kier alpha value is -3.28. The van der Waals surface area contributed by atoms with Crippen LogP contribution in [-0.2, 0) is 21.9 Å². The van der Waals surface area contributed by atoms with Crippen LogP contribution in [-0.4, -0.2) is 66.5 Å². The molecule has 0 radical (unpaired) electrons. The predicted octanol–water partition coefficient (Wildman–Crippen LogP) is 7.73. The highest BCUT2D eigenvalue weighted by molar-refractivity contribution is 5.75. The standard InChI is InChI=1S/C33H41F6N3O3/c1-20-9-7-8-10-27(20)29-28-17-41(18-31(4,5)19-45-22(3)43)16-23(28)11-12-42(29)30(44)40(6)21(2)24-13-25(32(34,35)36)15-26(14-24)33(37,38)39/h7-10,13-15,21,23,28-29H,11-12,16-19H2,1-6H3/t21?,23?,28-,29?/m1/s1. The van der Waals surface area contributed by atoms with Crippen molar-refractivity contribution >= 4 is 12.0 Å². The largest absolute Gasteiger partial charge is 0.465 e. The number of benzene rings is 2. The molecule has 2 amide bonds. The second kappa shape index (κ2) is 12.8. The SMILES string of the molecule is CC(=O)OCC(C)(C)CN1CC2CCN(C(=O)N(C)C(C)c3cc(C(F)(F)F)cc(C(F)(F)F)c3)C(c3ccccc3C)[C@@H]2C1. The van der Waals surface area contributed by atoms with Gasteiger partial charge >= 0.3 is 24.4 Å². The third kappa shape index (κ3) is 7.93. The molecule has 2 aromatic rings. The third-order valence-electron chi connectivity index (χ3n) is 9.10. The van der Waals surface area contributed by atoms with Crippen LogP contribution in [0.15, 0.2) is 42.5 Å². The number of amides is 2. The van der Waals surface area contributed by atoms with Crippen molar-refractivity contribution in [1.82, 2.24) is 14.7 Å². The van der Waals surface area contributed by atoms with E-state index in [1.54, 1.807) is 4.90 Å². The lowest BCUT2D eigenvalue weighted by Gasteiger charge is -2.45. The predicted molar refractivity (Wildman–Crippen MR) is 157 cm³/mol. The second-order valence-electron chi connectivity index (χ2n) is 13.3. The Kier molecular flexibility index (Phi) is 9.87. The molecule has 0 saturated carbocycles. The van der Waals surface area contributed by atoms with Crippen LogP contribution in [0.5, 0.6) is 0 Å². The summed E-state index contributed by atoms with van der Waals surface area (Å²) in [7, 11) is 1.42. The number of alkyl halides is 6. The number of aryl methyl sites for hydroxylation is 1. The van der Waals surface area contributed by atoms with Crippen molar-refractivity contribution in [1.29, 1.82) is 0 Å². The fraction of sp³-hybridized carbons (Fsp3) is 0.576. The average molecular weight is 642 g/mol. The highest BCUT2D eigenvalue weighted by Gasteiger charge is 2.48. The molecule has 2 aliphatic rings. The van der Waals surface area contributed by atoms with Gasteiger partial charge in [-0.05, 0) is 61.1 Å². The topological polar surface area (TPSA) is 53.1 Å². The van der Waals surface area contributed by atoms with Gasteiger partial charge in [0.2, 0.25) is 0 Å². The fourth-order valence-corrected chi connectivity index (χ4v) is 6.75. The van der Waals surface area contributed by atoms with E-state index in [1.807, 2.05) is 45.0 Å². The van der Waals surface area contributed by atoms with E-state index >= 15 is 0 Å². The summed E-state index contributed by atoms with van der Waals surface area (Å²) in [6.07, 6.45) is -9.28. The maximum absolute atomic E-state index is 14.2. The molecule has 6 nitrogen and oxygen atoms in total. The molecule has 0 N–H and O–H groups in total. The first-order valence-corrected chi connectivity index (χ1v) is 15.0. The van der Waals surface area contributed by atoms with Crippen LogP contribution < -0.4 is 0 Å². The number of hydrogen-bond acceptors (Lipinski definition) is 4. The molecule has 2 heterocycles. The first-order valence-electron chi connectivity index (χ1n) is 15.0. The molecule has 2 saturated heterocycles. The smallest absolute Gasteiger partial charge is 0.416 e. The Balaban J connectivity index is 1.64. The van der Waals surface area contributed by atoms with E-state index in [0.717, 1.165) is 17.7 Å². The average Bonchev–Trinajstić information content (AvgIpc) is 3.35. The maximum atomic E-state index is 14.2. The molecule has 0 spiro atoms. The summed E-state index contributed by atoms with van der Waals surface area (Å²) in [5.74, 6) is -0.0313. The van der Waals surface area contributed by atoms with Crippen molar-refractivity contribution in [2.24, 2.45) is 17.3 Å². The highest BCUT2D eigenvalue weighted by Crippen LogP contribution is 2.46. The summed E-state index contributed by atoms with van der Waals surface area (Å²) in [5, 5.41) is 0. The van der Waals surface area contributed by atoms with Gasteiger partial charge in [0.05, 0.1) is 29.8 Å². The van der Waals surface area contributed by atoms with Gasteiger partial charge < -0.3 is 19.4 Å².